The Bertz CT molecular complexity index is 280. The smallest absolute Gasteiger partial charge is 0.223 e. The minimum atomic E-state index is -3.12. The Morgan fingerprint density at radius 3 is 2.50 bits per heavy atom. The molecular formula is C3H4N2O2S3. The molecule has 1 atom stereocenters. The van der Waals surface area contributed by atoms with Crippen LogP contribution in [0.2, 0.25) is 0 Å². The van der Waals surface area contributed by atoms with E-state index in [0.717, 1.165) is 18.0 Å². The summed E-state index contributed by atoms with van der Waals surface area (Å²) in [5, 5.41) is 6.87. The van der Waals surface area contributed by atoms with Crippen LogP contribution in [0.5, 0.6) is 0 Å². The van der Waals surface area contributed by atoms with Crippen LogP contribution in [0.3, 0.4) is 0 Å². The molecule has 1 rings (SSSR count). The van der Waals surface area contributed by atoms with Crippen LogP contribution < -0.4 is 0 Å². The highest BCUT2D eigenvalue weighted by molar-refractivity contribution is 8.29. The van der Waals surface area contributed by atoms with Crippen LogP contribution in [-0.2, 0) is 9.84 Å². The van der Waals surface area contributed by atoms with Crippen molar-refractivity contribution in [2.45, 2.75) is 4.71 Å². The Morgan fingerprint density at radius 2 is 2.30 bits per heavy atom. The number of thiocarbonyl (C=S) groups is 1. The fourth-order valence-corrected chi connectivity index (χ4v) is 2.46. The molecule has 0 aromatic heterocycles. The second-order valence-corrected chi connectivity index (χ2v) is 5.85. The zero-order valence-electron chi connectivity index (χ0n) is 5.01. The molecule has 0 spiro atoms. The molecule has 1 aliphatic rings. The van der Waals surface area contributed by atoms with Gasteiger partial charge < -0.3 is 0 Å². The minimum absolute atomic E-state index is 0.287. The molecule has 1 aliphatic heterocycles. The van der Waals surface area contributed by atoms with E-state index in [2.05, 4.69) is 22.4 Å². The lowest BCUT2D eigenvalue weighted by molar-refractivity contribution is 0.599. The highest BCUT2D eigenvalue weighted by Crippen LogP contribution is 2.26. The van der Waals surface area contributed by atoms with Gasteiger partial charge in [-0.15, -0.1) is 5.11 Å². The van der Waals surface area contributed by atoms with Crippen molar-refractivity contribution in [3.63, 3.8) is 0 Å². The molecule has 10 heavy (non-hydrogen) atoms. The summed E-state index contributed by atoms with van der Waals surface area (Å²) in [6.07, 6.45) is 1.11. The predicted molar refractivity (Wildman–Crippen MR) is 43.7 cm³/mol. The van der Waals surface area contributed by atoms with Gasteiger partial charge in [-0.1, -0.05) is 0 Å². The molecule has 0 saturated carbocycles. The maximum Gasteiger partial charge on any atom is 0.223 e. The lowest BCUT2D eigenvalue weighted by Gasteiger charge is -1.97. The zero-order valence-corrected chi connectivity index (χ0v) is 7.46. The average Bonchev–Trinajstić information content (AvgIpc) is 2.11. The first kappa shape index (κ1) is 8.09. The van der Waals surface area contributed by atoms with Crippen LogP contribution in [0, 0.1) is 0 Å². The lowest BCUT2D eigenvalue weighted by Crippen LogP contribution is -2.10. The summed E-state index contributed by atoms with van der Waals surface area (Å²) >= 11 is 5.59. The highest BCUT2D eigenvalue weighted by atomic mass is 32.3. The van der Waals surface area contributed by atoms with Crippen LogP contribution in [0.4, 0.5) is 0 Å². The molecule has 7 heteroatoms. The number of sulfone groups is 1. The second kappa shape index (κ2) is 2.55. The number of nitrogens with zero attached hydrogens (tertiary/aromatic N) is 2. The second-order valence-electron chi connectivity index (χ2n) is 1.74. The third kappa shape index (κ3) is 1.74. The molecular weight excluding hydrogens is 192 g/mol. The first-order valence-corrected chi connectivity index (χ1v) is 5.55. The van der Waals surface area contributed by atoms with Gasteiger partial charge >= 0.3 is 0 Å². The van der Waals surface area contributed by atoms with E-state index in [1.807, 2.05) is 0 Å². The van der Waals surface area contributed by atoms with Crippen LogP contribution in [0.15, 0.2) is 10.2 Å². The van der Waals surface area contributed by atoms with Crippen molar-refractivity contribution in [3.8, 4) is 0 Å². The molecule has 0 radical (unpaired) electrons. The summed E-state index contributed by atoms with van der Waals surface area (Å²) in [7, 11) is -3.12. The van der Waals surface area contributed by atoms with Gasteiger partial charge in [-0.05, 0) is 24.0 Å². The van der Waals surface area contributed by atoms with Crippen LogP contribution in [0.25, 0.3) is 0 Å². The van der Waals surface area contributed by atoms with Crippen molar-refractivity contribution in [2.24, 2.45) is 10.2 Å². The summed E-state index contributed by atoms with van der Waals surface area (Å²) in [5.74, 6) is 0. The normalized spacial score (nSPS) is 25.7. The first-order valence-electron chi connectivity index (χ1n) is 2.30. The first-order chi connectivity index (χ1) is 4.50. The Balaban J connectivity index is 2.83. The van der Waals surface area contributed by atoms with E-state index in [-0.39, 0.29) is 4.32 Å². The Labute approximate surface area is 68.0 Å². The SMILES string of the molecule is CS(=O)(=O)C1N=NC(=S)S1. The molecule has 0 aliphatic carbocycles. The largest absolute Gasteiger partial charge is 0.226 e. The van der Waals surface area contributed by atoms with E-state index in [1.165, 1.54) is 0 Å². The van der Waals surface area contributed by atoms with E-state index in [9.17, 15) is 8.42 Å². The van der Waals surface area contributed by atoms with Gasteiger partial charge in [0.25, 0.3) is 0 Å². The van der Waals surface area contributed by atoms with Crippen molar-refractivity contribution in [3.05, 3.63) is 0 Å². The Kier molecular flexibility index (Phi) is 2.07. The molecule has 0 bridgehead atoms. The standard InChI is InChI=1S/C3H4N2O2S3/c1-10(6,7)3-5-4-2(8)9-3/h3H,1H3. The Hall–Kier alpha value is -0.0100. The maximum atomic E-state index is 10.7. The van der Waals surface area contributed by atoms with Gasteiger partial charge in [0.05, 0.1) is 0 Å². The van der Waals surface area contributed by atoms with Gasteiger partial charge in [0.1, 0.15) is 0 Å². The van der Waals surface area contributed by atoms with Crippen LogP contribution in [0.1, 0.15) is 0 Å². The monoisotopic (exact) mass is 196 g/mol. The quantitative estimate of drug-likeness (QED) is 0.582. The number of hydrogen-bond acceptors (Lipinski definition) is 5. The third-order valence-corrected chi connectivity index (χ3v) is 3.92. The van der Waals surface area contributed by atoms with Gasteiger partial charge in [0, 0.05) is 6.26 Å². The summed E-state index contributed by atoms with van der Waals surface area (Å²) in [6, 6.07) is 0. The average molecular weight is 196 g/mol. The van der Waals surface area contributed by atoms with Crippen LogP contribution in [-0.4, -0.2) is 23.7 Å². The van der Waals surface area contributed by atoms with E-state index >= 15 is 0 Å². The molecule has 0 aromatic carbocycles. The van der Waals surface area contributed by atoms with Crippen molar-refractivity contribution in [1.29, 1.82) is 0 Å². The summed E-state index contributed by atoms with van der Waals surface area (Å²) in [6.45, 7) is 0. The van der Waals surface area contributed by atoms with Crippen molar-refractivity contribution < 1.29 is 8.42 Å². The number of rotatable bonds is 1. The van der Waals surface area contributed by atoms with Crippen molar-refractivity contribution >= 4 is 38.1 Å². The van der Waals surface area contributed by atoms with E-state index in [4.69, 9.17) is 0 Å². The van der Waals surface area contributed by atoms with Crippen molar-refractivity contribution in [1.82, 2.24) is 0 Å². The molecule has 0 fully saturated rings. The highest BCUT2D eigenvalue weighted by Gasteiger charge is 2.26. The molecule has 0 N–H and O–H groups in total. The molecule has 4 nitrogen and oxygen atoms in total. The fraction of sp³-hybridized carbons (Fsp3) is 0.667. The summed E-state index contributed by atoms with van der Waals surface area (Å²) in [4.78, 5) is 0. The molecule has 0 amide bonds. The van der Waals surface area contributed by atoms with Crippen LogP contribution >= 0.6 is 24.0 Å². The van der Waals surface area contributed by atoms with Gasteiger partial charge in [-0.25, -0.2) is 8.42 Å². The molecule has 0 saturated heterocycles. The van der Waals surface area contributed by atoms with E-state index in [0.29, 0.717) is 0 Å². The van der Waals surface area contributed by atoms with Crippen molar-refractivity contribution in [2.75, 3.05) is 6.26 Å². The lowest BCUT2D eigenvalue weighted by atomic mass is 11.4. The van der Waals surface area contributed by atoms with Gasteiger partial charge in [0.2, 0.25) is 4.71 Å². The molecule has 1 heterocycles. The Morgan fingerprint density at radius 1 is 1.70 bits per heavy atom. The molecule has 0 aromatic rings. The number of azo groups is 1. The van der Waals surface area contributed by atoms with Gasteiger partial charge in [-0.2, -0.15) is 5.11 Å². The number of hydrogen-bond donors (Lipinski definition) is 0. The number of thioether (sulfide) groups is 1. The van der Waals surface area contributed by atoms with E-state index in [1.54, 1.807) is 0 Å². The van der Waals surface area contributed by atoms with E-state index < -0.39 is 14.5 Å². The maximum absolute atomic E-state index is 10.7. The molecule has 1 unspecified atom stereocenters. The summed E-state index contributed by atoms with van der Waals surface area (Å²) in [5.41, 5.74) is 0. The van der Waals surface area contributed by atoms with Gasteiger partial charge in [-0.3, -0.25) is 0 Å². The topological polar surface area (TPSA) is 58.9 Å². The molecule has 56 valence electrons. The minimum Gasteiger partial charge on any atom is -0.226 e. The van der Waals surface area contributed by atoms with Gasteiger partial charge in [0.15, 0.2) is 14.2 Å². The predicted octanol–water partition coefficient (Wildman–Crippen LogP) is 0.798. The fourth-order valence-electron chi connectivity index (χ4n) is 0.401. The summed E-state index contributed by atoms with van der Waals surface area (Å²) < 4.78 is 21.0. The zero-order chi connectivity index (χ0) is 7.78. The third-order valence-electron chi connectivity index (χ3n) is 0.802.